The van der Waals surface area contributed by atoms with Crippen LogP contribution in [0, 0.1) is 5.92 Å². The number of thiophene rings is 1. The number of rotatable bonds is 5. The Hall–Kier alpha value is -0.520. The van der Waals surface area contributed by atoms with Crippen molar-refractivity contribution in [3.05, 3.63) is 17.5 Å². The molecule has 0 spiro atoms. The summed E-state index contributed by atoms with van der Waals surface area (Å²) in [6, 6.07) is 4.03. The van der Waals surface area contributed by atoms with E-state index in [-0.39, 0.29) is 12.0 Å². The lowest BCUT2D eigenvalue weighted by molar-refractivity contribution is -0.118. The van der Waals surface area contributed by atoms with Crippen molar-refractivity contribution in [3.8, 4) is 0 Å². The highest BCUT2D eigenvalue weighted by atomic mass is 32.2. The van der Waals surface area contributed by atoms with Gasteiger partial charge >= 0.3 is 0 Å². The third-order valence-corrected chi connectivity index (χ3v) is 5.38. The maximum atomic E-state index is 11.7. The first-order valence-electron chi connectivity index (χ1n) is 6.35. The van der Waals surface area contributed by atoms with Crippen LogP contribution in [-0.2, 0) is 4.79 Å². The molecule has 0 bridgehead atoms. The van der Waals surface area contributed by atoms with Crippen molar-refractivity contribution < 1.29 is 9.90 Å². The fraction of sp³-hybridized carbons (Fsp3) is 0.615. The molecule has 1 aromatic rings. The number of carbonyl (C=O) groups is 1. The number of nitrogens with one attached hydrogen (secondary N) is 1. The number of thioether (sulfide) groups is 1. The largest absolute Gasteiger partial charge is 0.393 e. The molecule has 1 heterocycles. The van der Waals surface area contributed by atoms with Gasteiger partial charge in [0.2, 0.25) is 5.91 Å². The van der Waals surface area contributed by atoms with E-state index < -0.39 is 0 Å². The van der Waals surface area contributed by atoms with Gasteiger partial charge < -0.3 is 10.4 Å². The Kier molecular flexibility index (Phi) is 5.53. The molecule has 1 aliphatic rings. The topological polar surface area (TPSA) is 49.3 Å². The first kappa shape index (κ1) is 13.9. The van der Waals surface area contributed by atoms with Gasteiger partial charge in [0.15, 0.2) is 0 Å². The van der Waals surface area contributed by atoms with E-state index in [0.717, 1.165) is 32.2 Å². The second kappa shape index (κ2) is 7.16. The molecule has 2 N–H and O–H groups in total. The Labute approximate surface area is 116 Å². The van der Waals surface area contributed by atoms with E-state index in [1.54, 1.807) is 23.1 Å². The summed E-state index contributed by atoms with van der Waals surface area (Å²) < 4.78 is 1.19. The van der Waals surface area contributed by atoms with Crippen molar-refractivity contribution >= 4 is 29.0 Å². The average Bonchev–Trinajstić information content (AvgIpc) is 2.89. The molecular weight excluding hydrogens is 266 g/mol. The van der Waals surface area contributed by atoms with Crippen molar-refractivity contribution in [2.75, 3.05) is 12.3 Å². The number of carbonyl (C=O) groups excluding carboxylic acids is 1. The van der Waals surface area contributed by atoms with Gasteiger partial charge in [0.1, 0.15) is 0 Å². The second-order valence-electron chi connectivity index (χ2n) is 4.70. The van der Waals surface area contributed by atoms with Crippen LogP contribution < -0.4 is 5.32 Å². The molecule has 0 unspecified atom stereocenters. The Morgan fingerprint density at radius 1 is 1.44 bits per heavy atom. The van der Waals surface area contributed by atoms with Crippen molar-refractivity contribution in [3.63, 3.8) is 0 Å². The third kappa shape index (κ3) is 4.63. The molecule has 0 aliphatic heterocycles. The molecule has 3 nitrogen and oxygen atoms in total. The van der Waals surface area contributed by atoms with Crippen molar-refractivity contribution in [2.45, 2.75) is 36.0 Å². The Bertz CT molecular complexity index is 359. The van der Waals surface area contributed by atoms with Gasteiger partial charge in [0, 0.05) is 6.54 Å². The lowest BCUT2D eigenvalue weighted by Crippen LogP contribution is -2.33. The van der Waals surface area contributed by atoms with E-state index in [1.165, 1.54) is 4.21 Å². The number of aliphatic hydroxyl groups excluding tert-OH is 1. The number of amides is 1. The standard InChI is InChI=1S/C13H19NO2S2/c15-11-5-3-10(4-6-11)8-14-12(16)9-18-13-2-1-7-17-13/h1-2,7,10-11,15H,3-6,8-9H2,(H,14,16). The van der Waals surface area contributed by atoms with E-state index in [4.69, 9.17) is 0 Å². The molecular formula is C13H19NO2S2. The minimum Gasteiger partial charge on any atom is -0.393 e. The van der Waals surface area contributed by atoms with E-state index in [1.807, 2.05) is 17.5 Å². The molecule has 1 saturated carbocycles. The van der Waals surface area contributed by atoms with Gasteiger partial charge in [-0.25, -0.2) is 0 Å². The van der Waals surface area contributed by atoms with Crippen LogP contribution in [0.2, 0.25) is 0 Å². The Morgan fingerprint density at radius 3 is 2.89 bits per heavy atom. The highest BCUT2D eigenvalue weighted by molar-refractivity contribution is 8.01. The predicted octanol–water partition coefficient (Wildman–Crippen LogP) is 2.51. The molecule has 0 radical (unpaired) electrons. The molecule has 1 aliphatic carbocycles. The Balaban J connectivity index is 1.60. The maximum Gasteiger partial charge on any atom is 0.230 e. The number of hydrogen-bond donors (Lipinski definition) is 2. The van der Waals surface area contributed by atoms with Gasteiger partial charge in [-0.15, -0.1) is 23.1 Å². The lowest BCUT2D eigenvalue weighted by Gasteiger charge is -2.25. The summed E-state index contributed by atoms with van der Waals surface area (Å²) in [5.41, 5.74) is 0. The zero-order valence-electron chi connectivity index (χ0n) is 10.3. The normalized spacial score (nSPS) is 23.8. The molecule has 100 valence electrons. The van der Waals surface area contributed by atoms with E-state index >= 15 is 0 Å². The number of aliphatic hydroxyl groups is 1. The van der Waals surface area contributed by atoms with Crippen molar-refractivity contribution in [1.29, 1.82) is 0 Å². The first-order chi connectivity index (χ1) is 8.74. The summed E-state index contributed by atoms with van der Waals surface area (Å²) >= 11 is 3.26. The summed E-state index contributed by atoms with van der Waals surface area (Å²) in [7, 11) is 0. The van der Waals surface area contributed by atoms with E-state index in [9.17, 15) is 9.90 Å². The van der Waals surface area contributed by atoms with Gasteiger partial charge in [-0.2, -0.15) is 0 Å². The molecule has 1 amide bonds. The van der Waals surface area contributed by atoms with Gasteiger partial charge in [-0.3, -0.25) is 4.79 Å². The number of hydrogen-bond acceptors (Lipinski definition) is 4. The summed E-state index contributed by atoms with van der Waals surface area (Å²) in [6.45, 7) is 0.760. The zero-order valence-corrected chi connectivity index (χ0v) is 11.9. The van der Waals surface area contributed by atoms with Crippen LogP contribution in [0.1, 0.15) is 25.7 Å². The minimum atomic E-state index is -0.119. The van der Waals surface area contributed by atoms with Crippen molar-refractivity contribution in [1.82, 2.24) is 5.32 Å². The van der Waals surface area contributed by atoms with Crippen LogP contribution >= 0.6 is 23.1 Å². The predicted molar refractivity (Wildman–Crippen MR) is 76.0 cm³/mol. The molecule has 1 aromatic heterocycles. The molecule has 2 rings (SSSR count). The van der Waals surface area contributed by atoms with Crippen LogP contribution in [0.4, 0.5) is 0 Å². The highest BCUT2D eigenvalue weighted by Gasteiger charge is 2.19. The van der Waals surface area contributed by atoms with Crippen LogP contribution in [0.3, 0.4) is 0 Å². The smallest absolute Gasteiger partial charge is 0.230 e. The first-order valence-corrected chi connectivity index (χ1v) is 8.21. The van der Waals surface area contributed by atoms with Crippen LogP contribution in [0.15, 0.2) is 21.7 Å². The van der Waals surface area contributed by atoms with Crippen LogP contribution in [0.25, 0.3) is 0 Å². The third-order valence-electron chi connectivity index (χ3n) is 3.24. The fourth-order valence-electron chi connectivity index (χ4n) is 2.14. The van der Waals surface area contributed by atoms with Crippen LogP contribution in [-0.4, -0.2) is 29.4 Å². The molecule has 0 aromatic carbocycles. The summed E-state index contributed by atoms with van der Waals surface area (Å²) in [6.07, 6.45) is 3.69. The molecule has 18 heavy (non-hydrogen) atoms. The average molecular weight is 285 g/mol. The van der Waals surface area contributed by atoms with Gasteiger partial charge in [-0.05, 0) is 43.0 Å². The van der Waals surface area contributed by atoms with E-state index in [2.05, 4.69) is 5.32 Å². The fourth-order valence-corrected chi connectivity index (χ4v) is 3.75. The van der Waals surface area contributed by atoms with Crippen LogP contribution in [0.5, 0.6) is 0 Å². The monoisotopic (exact) mass is 285 g/mol. The molecule has 5 heteroatoms. The lowest BCUT2D eigenvalue weighted by atomic mass is 9.87. The van der Waals surface area contributed by atoms with Crippen molar-refractivity contribution in [2.24, 2.45) is 5.92 Å². The summed E-state index contributed by atoms with van der Waals surface area (Å²) in [4.78, 5) is 11.7. The zero-order chi connectivity index (χ0) is 12.8. The Morgan fingerprint density at radius 2 is 2.22 bits per heavy atom. The van der Waals surface area contributed by atoms with Gasteiger partial charge in [0.25, 0.3) is 0 Å². The van der Waals surface area contributed by atoms with E-state index in [0.29, 0.717) is 11.7 Å². The molecule has 1 fully saturated rings. The summed E-state index contributed by atoms with van der Waals surface area (Å²) in [5.74, 6) is 1.15. The minimum absolute atomic E-state index is 0.111. The SMILES string of the molecule is O=C(CSc1cccs1)NCC1CCC(O)CC1. The van der Waals surface area contributed by atoms with Gasteiger partial charge in [0.05, 0.1) is 16.1 Å². The molecule has 0 saturated heterocycles. The molecule has 0 atom stereocenters. The second-order valence-corrected chi connectivity index (χ2v) is 6.92. The highest BCUT2D eigenvalue weighted by Crippen LogP contribution is 2.24. The summed E-state index contributed by atoms with van der Waals surface area (Å²) in [5, 5.41) is 14.4. The maximum absolute atomic E-state index is 11.7. The quantitative estimate of drug-likeness (QED) is 0.817. The van der Waals surface area contributed by atoms with Gasteiger partial charge in [-0.1, -0.05) is 6.07 Å².